The van der Waals surface area contributed by atoms with Crippen molar-refractivity contribution in [3.63, 3.8) is 0 Å². The molecular weight excluding hydrogens is 475 g/mol. The van der Waals surface area contributed by atoms with Crippen LogP contribution in [0, 0.1) is 0 Å². The second-order valence-corrected chi connectivity index (χ2v) is 9.69. The Kier molecular flexibility index (Phi) is 5.78. The van der Waals surface area contributed by atoms with Crippen LogP contribution in [-0.2, 0) is 19.5 Å². The minimum absolute atomic E-state index is 0.0754. The summed E-state index contributed by atoms with van der Waals surface area (Å²) in [6.07, 6.45) is 0.573. The number of aromatic hydroxyl groups is 1. The van der Waals surface area contributed by atoms with Gasteiger partial charge in [0.1, 0.15) is 11.4 Å². The first-order valence-electron chi connectivity index (χ1n) is 11.2. The molecule has 176 valence electrons. The number of fused-ring (bicyclic) bond motifs is 3. The quantitative estimate of drug-likeness (QED) is 0.567. The Hall–Kier alpha value is -3.03. The van der Waals surface area contributed by atoms with Gasteiger partial charge in [-0.2, -0.15) is 5.10 Å². The molecule has 3 heterocycles. The van der Waals surface area contributed by atoms with Crippen LogP contribution in [0.3, 0.4) is 0 Å². The van der Waals surface area contributed by atoms with Crippen LogP contribution in [0.4, 0.5) is 0 Å². The number of hydrogen-bond acceptors (Lipinski definition) is 4. The minimum Gasteiger partial charge on any atom is -0.508 e. The average molecular weight is 499 g/mol. The summed E-state index contributed by atoms with van der Waals surface area (Å²) in [6, 6.07) is 11.5. The fraction of sp³-hybridized carbons (Fsp3) is 0.320. The molecule has 34 heavy (non-hydrogen) atoms. The normalized spacial score (nSPS) is 18.5. The van der Waals surface area contributed by atoms with Crippen LogP contribution in [0.15, 0.2) is 42.5 Å². The highest BCUT2D eigenvalue weighted by atomic mass is 35.5. The maximum atomic E-state index is 13.6. The van der Waals surface area contributed by atoms with E-state index in [4.69, 9.17) is 28.3 Å². The Morgan fingerprint density at radius 3 is 2.56 bits per heavy atom. The third-order valence-electron chi connectivity index (χ3n) is 6.77. The first kappa shape index (κ1) is 22.7. The van der Waals surface area contributed by atoms with E-state index in [0.717, 1.165) is 16.8 Å². The topological polar surface area (TPSA) is 78.7 Å². The smallest absolute Gasteiger partial charge is 0.273 e. The van der Waals surface area contributed by atoms with E-state index in [1.807, 2.05) is 30.9 Å². The molecule has 0 spiro atoms. The van der Waals surface area contributed by atoms with Gasteiger partial charge in [0.05, 0.1) is 34.9 Å². The van der Waals surface area contributed by atoms with Crippen molar-refractivity contribution in [1.29, 1.82) is 0 Å². The van der Waals surface area contributed by atoms with Gasteiger partial charge >= 0.3 is 0 Å². The molecule has 2 aromatic carbocycles. The number of hydrogen-bond donors (Lipinski definition) is 1. The molecule has 2 atom stereocenters. The molecule has 2 aliphatic heterocycles. The number of halogens is 2. The number of amides is 2. The SMILES string of the molecule is C[C@@H]1Cc2nn3c(c2CN1C(=O)c1ccc(Cl)c(Cl)c1)C(=O)N([C@@H](C)c1ccc(O)cc1)CC3. The van der Waals surface area contributed by atoms with Crippen LogP contribution in [-0.4, -0.2) is 49.1 Å². The molecule has 1 N–H and O–H groups in total. The van der Waals surface area contributed by atoms with Crippen molar-refractivity contribution in [3.05, 3.63) is 80.6 Å². The van der Waals surface area contributed by atoms with E-state index < -0.39 is 0 Å². The van der Waals surface area contributed by atoms with Crippen molar-refractivity contribution < 1.29 is 14.7 Å². The van der Waals surface area contributed by atoms with E-state index in [9.17, 15) is 14.7 Å². The van der Waals surface area contributed by atoms with Crippen LogP contribution in [0.5, 0.6) is 5.75 Å². The van der Waals surface area contributed by atoms with E-state index >= 15 is 0 Å². The number of carbonyl (C=O) groups is 2. The lowest BCUT2D eigenvalue weighted by Gasteiger charge is -2.35. The van der Waals surface area contributed by atoms with Gasteiger partial charge in [-0.15, -0.1) is 0 Å². The Labute approximate surface area is 207 Å². The molecule has 0 fully saturated rings. The van der Waals surface area contributed by atoms with Gasteiger partial charge in [-0.3, -0.25) is 14.3 Å². The summed E-state index contributed by atoms with van der Waals surface area (Å²) in [4.78, 5) is 30.5. The Morgan fingerprint density at radius 1 is 1.12 bits per heavy atom. The van der Waals surface area contributed by atoms with Crippen molar-refractivity contribution in [3.8, 4) is 5.75 Å². The number of aromatic nitrogens is 2. The van der Waals surface area contributed by atoms with E-state index in [0.29, 0.717) is 47.4 Å². The van der Waals surface area contributed by atoms with Crippen molar-refractivity contribution in [2.45, 2.75) is 45.4 Å². The van der Waals surface area contributed by atoms with E-state index in [1.165, 1.54) is 0 Å². The van der Waals surface area contributed by atoms with Crippen molar-refractivity contribution in [2.24, 2.45) is 0 Å². The zero-order valence-corrected chi connectivity index (χ0v) is 20.3. The summed E-state index contributed by atoms with van der Waals surface area (Å²) in [6.45, 7) is 5.39. The summed E-state index contributed by atoms with van der Waals surface area (Å²) < 4.78 is 1.78. The number of nitrogens with zero attached hydrogens (tertiary/aromatic N) is 4. The standard InChI is InChI=1S/C25H24Cl2N4O3/c1-14-11-22-19(13-30(14)24(33)17-5-8-20(26)21(27)12-17)23-25(34)29(9-10-31(23)28-22)15(2)16-3-6-18(32)7-4-16/h3-8,12,14-15,32H,9-11,13H2,1-2H3/t14-,15+/m1/s1. The monoisotopic (exact) mass is 498 g/mol. The Balaban J connectivity index is 1.44. The van der Waals surface area contributed by atoms with E-state index in [2.05, 4.69) is 0 Å². The van der Waals surface area contributed by atoms with Crippen LogP contribution < -0.4 is 0 Å². The fourth-order valence-corrected chi connectivity index (χ4v) is 5.10. The highest BCUT2D eigenvalue weighted by Gasteiger charge is 2.38. The molecule has 2 aliphatic rings. The Morgan fingerprint density at radius 2 is 1.85 bits per heavy atom. The highest BCUT2D eigenvalue weighted by molar-refractivity contribution is 6.42. The molecule has 3 aromatic rings. The van der Waals surface area contributed by atoms with Gasteiger partial charge in [-0.25, -0.2) is 0 Å². The van der Waals surface area contributed by atoms with Crippen LogP contribution in [0.25, 0.3) is 0 Å². The molecule has 9 heteroatoms. The van der Waals surface area contributed by atoms with Gasteiger partial charge in [0.15, 0.2) is 0 Å². The summed E-state index contributed by atoms with van der Waals surface area (Å²) in [5.74, 6) is -0.0692. The van der Waals surface area contributed by atoms with Crippen molar-refractivity contribution in [1.82, 2.24) is 19.6 Å². The zero-order chi connectivity index (χ0) is 24.1. The van der Waals surface area contributed by atoms with Gasteiger partial charge in [0.25, 0.3) is 11.8 Å². The maximum absolute atomic E-state index is 13.6. The first-order chi connectivity index (χ1) is 16.2. The number of phenols is 1. The fourth-order valence-electron chi connectivity index (χ4n) is 4.81. The molecule has 7 nitrogen and oxygen atoms in total. The van der Waals surface area contributed by atoms with Crippen molar-refractivity contribution in [2.75, 3.05) is 6.54 Å². The molecule has 0 bridgehead atoms. The largest absolute Gasteiger partial charge is 0.508 e. The minimum atomic E-state index is -0.163. The molecular formula is C25H24Cl2N4O3. The number of phenolic OH excluding ortho intramolecular Hbond substituents is 1. The van der Waals surface area contributed by atoms with Crippen LogP contribution >= 0.6 is 23.2 Å². The lowest BCUT2D eigenvalue weighted by Crippen LogP contribution is -2.44. The molecule has 2 amide bonds. The lowest BCUT2D eigenvalue weighted by atomic mass is 9.97. The molecule has 1 aromatic heterocycles. The average Bonchev–Trinajstić information content (AvgIpc) is 3.18. The third kappa shape index (κ3) is 3.83. The summed E-state index contributed by atoms with van der Waals surface area (Å²) in [5.41, 5.74) is 3.62. The molecule has 5 rings (SSSR count). The summed E-state index contributed by atoms with van der Waals surface area (Å²) in [7, 11) is 0. The molecule has 0 radical (unpaired) electrons. The van der Waals surface area contributed by atoms with Gasteiger partial charge in [-0.05, 0) is 49.7 Å². The second kappa shape index (κ2) is 8.64. The third-order valence-corrected chi connectivity index (χ3v) is 7.51. The summed E-state index contributed by atoms with van der Waals surface area (Å²) in [5, 5.41) is 15.0. The van der Waals surface area contributed by atoms with Crippen molar-refractivity contribution >= 4 is 35.0 Å². The number of benzene rings is 2. The van der Waals surface area contributed by atoms with Gasteiger partial charge < -0.3 is 14.9 Å². The second-order valence-electron chi connectivity index (χ2n) is 8.88. The van der Waals surface area contributed by atoms with Crippen LogP contribution in [0.1, 0.15) is 57.6 Å². The number of rotatable bonds is 3. The maximum Gasteiger partial charge on any atom is 0.273 e. The summed E-state index contributed by atoms with van der Waals surface area (Å²) >= 11 is 12.2. The van der Waals surface area contributed by atoms with Gasteiger partial charge in [-0.1, -0.05) is 35.3 Å². The van der Waals surface area contributed by atoms with Crippen LogP contribution in [0.2, 0.25) is 10.0 Å². The van der Waals surface area contributed by atoms with Gasteiger partial charge in [0.2, 0.25) is 0 Å². The van der Waals surface area contributed by atoms with Gasteiger partial charge in [0, 0.05) is 30.1 Å². The lowest BCUT2D eigenvalue weighted by molar-refractivity contribution is 0.0605. The molecule has 0 unspecified atom stereocenters. The predicted molar refractivity (Wildman–Crippen MR) is 129 cm³/mol. The Bertz CT molecular complexity index is 1290. The predicted octanol–water partition coefficient (Wildman–Crippen LogP) is 4.70. The number of carbonyl (C=O) groups excluding carboxylic acids is 2. The van der Waals surface area contributed by atoms with E-state index in [1.54, 1.807) is 39.9 Å². The highest BCUT2D eigenvalue weighted by Crippen LogP contribution is 2.33. The van der Waals surface area contributed by atoms with E-state index in [-0.39, 0.29) is 29.6 Å². The molecule has 0 saturated heterocycles. The molecule has 0 aliphatic carbocycles. The first-order valence-corrected chi connectivity index (χ1v) is 11.9. The zero-order valence-electron chi connectivity index (χ0n) is 18.8. The molecule has 0 saturated carbocycles.